The van der Waals surface area contributed by atoms with Crippen molar-refractivity contribution < 1.29 is 14.3 Å². The first-order valence-corrected chi connectivity index (χ1v) is 10.6. The Bertz CT molecular complexity index is 650. The SMILES string of the molecule is CC(=O)O[C@@H]1CC[C@]2(C)C(=CC[C@H]3[C@@H]4CC[C@@H](C(C)=O)[C@@]4(C)CC[C@@H]32)C1. The van der Waals surface area contributed by atoms with Crippen LogP contribution in [-0.2, 0) is 14.3 Å². The Labute approximate surface area is 157 Å². The smallest absolute Gasteiger partial charge is 0.302 e. The number of rotatable bonds is 2. The summed E-state index contributed by atoms with van der Waals surface area (Å²) >= 11 is 0. The van der Waals surface area contributed by atoms with E-state index in [4.69, 9.17) is 4.74 Å². The summed E-state index contributed by atoms with van der Waals surface area (Å²) in [7, 11) is 0. The van der Waals surface area contributed by atoms with Crippen molar-refractivity contribution in [3.63, 3.8) is 0 Å². The number of fused-ring (bicyclic) bond motifs is 5. The van der Waals surface area contributed by atoms with E-state index in [1.54, 1.807) is 12.5 Å². The molecular formula is C23H34O3. The largest absolute Gasteiger partial charge is 0.462 e. The van der Waals surface area contributed by atoms with Gasteiger partial charge in [0, 0.05) is 19.3 Å². The first kappa shape index (κ1) is 18.3. The van der Waals surface area contributed by atoms with Crippen LogP contribution in [0.25, 0.3) is 0 Å². The zero-order valence-corrected chi connectivity index (χ0v) is 16.8. The fraction of sp³-hybridized carbons (Fsp3) is 0.826. The zero-order chi connectivity index (χ0) is 18.7. The van der Waals surface area contributed by atoms with Gasteiger partial charge in [-0.3, -0.25) is 9.59 Å². The topological polar surface area (TPSA) is 43.4 Å². The summed E-state index contributed by atoms with van der Waals surface area (Å²) in [4.78, 5) is 23.6. The van der Waals surface area contributed by atoms with Crippen molar-refractivity contribution in [2.75, 3.05) is 0 Å². The van der Waals surface area contributed by atoms with Crippen molar-refractivity contribution in [2.45, 2.75) is 85.2 Å². The van der Waals surface area contributed by atoms with Crippen LogP contribution in [-0.4, -0.2) is 17.9 Å². The molecule has 26 heavy (non-hydrogen) atoms. The summed E-state index contributed by atoms with van der Waals surface area (Å²) in [6, 6.07) is 0. The van der Waals surface area contributed by atoms with E-state index in [9.17, 15) is 9.59 Å². The summed E-state index contributed by atoms with van der Waals surface area (Å²) < 4.78 is 5.53. The molecule has 0 saturated heterocycles. The maximum absolute atomic E-state index is 12.2. The van der Waals surface area contributed by atoms with Crippen molar-refractivity contribution in [3.8, 4) is 0 Å². The molecule has 3 heteroatoms. The molecule has 0 heterocycles. The fourth-order valence-corrected chi connectivity index (χ4v) is 7.63. The van der Waals surface area contributed by atoms with Crippen LogP contribution in [0, 0.1) is 34.5 Å². The summed E-state index contributed by atoms with van der Waals surface area (Å²) in [5.41, 5.74) is 2.04. The average Bonchev–Trinajstić information content (AvgIpc) is 2.92. The molecule has 144 valence electrons. The Morgan fingerprint density at radius 2 is 1.81 bits per heavy atom. The second-order valence-corrected chi connectivity index (χ2v) is 10.0. The number of esters is 1. The van der Waals surface area contributed by atoms with Gasteiger partial charge in [0.2, 0.25) is 0 Å². The highest BCUT2D eigenvalue weighted by Gasteiger charge is 2.59. The molecule has 4 aliphatic rings. The average molecular weight is 359 g/mol. The van der Waals surface area contributed by atoms with E-state index < -0.39 is 0 Å². The zero-order valence-electron chi connectivity index (χ0n) is 16.8. The minimum absolute atomic E-state index is 0.0748. The van der Waals surface area contributed by atoms with Gasteiger partial charge in [-0.2, -0.15) is 0 Å². The minimum Gasteiger partial charge on any atom is -0.462 e. The molecule has 3 nitrogen and oxygen atoms in total. The predicted molar refractivity (Wildman–Crippen MR) is 101 cm³/mol. The van der Waals surface area contributed by atoms with Gasteiger partial charge in [0.25, 0.3) is 0 Å². The number of hydrogen-bond acceptors (Lipinski definition) is 3. The van der Waals surface area contributed by atoms with Crippen LogP contribution in [0.5, 0.6) is 0 Å². The van der Waals surface area contributed by atoms with Crippen LogP contribution in [0.15, 0.2) is 11.6 Å². The monoisotopic (exact) mass is 358 g/mol. The van der Waals surface area contributed by atoms with E-state index in [1.165, 1.54) is 26.2 Å². The number of hydrogen-bond donors (Lipinski definition) is 0. The van der Waals surface area contributed by atoms with Gasteiger partial charge in [0.05, 0.1) is 0 Å². The molecule has 0 unspecified atom stereocenters. The van der Waals surface area contributed by atoms with Crippen LogP contribution in [0.1, 0.15) is 79.1 Å². The van der Waals surface area contributed by atoms with Crippen molar-refractivity contribution in [2.24, 2.45) is 34.5 Å². The highest BCUT2D eigenvalue weighted by Crippen LogP contribution is 2.66. The Kier molecular flexibility index (Phi) is 4.36. The molecule has 4 rings (SSSR count). The molecule has 0 spiro atoms. The molecule has 3 fully saturated rings. The van der Waals surface area contributed by atoms with Gasteiger partial charge in [-0.15, -0.1) is 0 Å². The number of ether oxygens (including phenoxy) is 1. The molecule has 0 aromatic rings. The second-order valence-electron chi connectivity index (χ2n) is 10.0. The molecule has 3 saturated carbocycles. The number of Topliss-reactive ketones (excluding diaryl/α,β-unsaturated/α-hetero) is 1. The molecular weight excluding hydrogens is 324 g/mol. The molecule has 0 amide bonds. The molecule has 4 aliphatic carbocycles. The van der Waals surface area contributed by atoms with Crippen molar-refractivity contribution in [3.05, 3.63) is 11.6 Å². The van der Waals surface area contributed by atoms with E-state index >= 15 is 0 Å². The van der Waals surface area contributed by atoms with Crippen molar-refractivity contribution in [1.82, 2.24) is 0 Å². The van der Waals surface area contributed by atoms with Gasteiger partial charge in [-0.05, 0) is 80.5 Å². The van der Waals surface area contributed by atoms with E-state index in [0.29, 0.717) is 11.7 Å². The minimum atomic E-state index is -0.150. The fourth-order valence-electron chi connectivity index (χ4n) is 7.63. The maximum Gasteiger partial charge on any atom is 0.302 e. The molecule has 0 radical (unpaired) electrons. The molecule has 0 aliphatic heterocycles. The summed E-state index contributed by atoms with van der Waals surface area (Å²) in [5, 5.41) is 0. The maximum atomic E-state index is 12.2. The van der Waals surface area contributed by atoms with Gasteiger partial charge in [0.15, 0.2) is 0 Å². The number of carbonyl (C=O) groups is 2. The lowest BCUT2D eigenvalue weighted by Gasteiger charge is -2.58. The van der Waals surface area contributed by atoms with Crippen LogP contribution < -0.4 is 0 Å². The third-order valence-electron chi connectivity index (χ3n) is 8.88. The number of allylic oxidation sites excluding steroid dienone is 1. The standard InChI is InChI=1S/C23H34O3/c1-14(24)19-7-8-20-18-6-5-16-13-17(26-15(2)25)9-11-22(16,3)21(18)10-12-23(19,20)4/h5,17-21H,6-13H2,1-4H3/t17-,18+,19+,20+,21+,22-,23-/m1/s1. The van der Waals surface area contributed by atoms with E-state index in [2.05, 4.69) is 19.9 Å². The molecule has 0 aromatic heterocycles. The normalized spacial score (nSPS) is 47.2. The Morgan fingerprint density at radius 3 is 2.50 bits per heavy atom. The van der Waals surface area contributed by atoms with Gasteiger partial charge in [-0.25, -0.2) is 0 Å². The second kappa shape index (κ2) is 6.21. The van der Waals surface area contributed by atoms with Gasteiger partial charge < -0.3 is 4.74 Å². The Hall–Kier alpha value is -1.12. The van der Waals surface area contributed by atoms with Crippen LogP contribution in [0.4, 0.5) is 0 Å². The lowest BCUT2D eigenvalue weighted by atomic mass is 9.47. The van der Waals surface area contributed by atoms with Gasteiger partial charge in [0.1, 0.15) is 11.9 Å². The van der Waals surface area contributed by atoms with E-state index in [0.717, 1.165) is 43.9 Å². The Balaban J connectivity index is 1.59. The number of carbonyl (C=O) groups excluding carboxylic acids is 2. The van der Waals surface area contributed by atoms with Gasteiger partial charge >= 0.3 is 5.97 Å². The highest BCUT2D eigenvalue weighted by molar-refractivity contribution is 5.79. The molecule has 0 aromatic carbocycles. The quantitative estimate of drug-likeness (QED) is 0.510. The van der Waals surface area contributed by atoms with E-state index in [1.807, 2.05) is 0 Å². The lowest BCUT2D eigenvalue weighted by Crippen LogP contribution is -2.51. The summed E-state index contributed by atoms with van der Waals surface area (Å²) in [5.74, 6) is 2.72. The van der Waals surface area contributed by atoms with Crippen LogP contribution in [0.3, 0.4) is 0 Å². The first-order valence-electron chi connectivity index (χ1n) is 10.6. The summed E-state index contributed by atoms with van der Waals surface area (Å²) in [6.45, 7) is 8.21. The van der Waals surface area contributed by atoms with Gasteiger partial charge in [-0.1, -0.05) is 25.5 Å². The van der Waals surface area contributed by atoms with Crippen molar-refractivity contribution >= 4 is 11.8 Å². The molecule has 0 N–H and O–H groups in total. The van der Waals surface area contributed by atoms with Crippen molar-refractivity contribution in [1.29, 1.82) is 0 Å². The van der Waals surface area contributed by atoms with Crippen LogP contribution >= 0.6 is 0 Å². The third kappa shape index (κ3) is 2.60. The molecule has 7 atom stereocenters. The first-order chi connectivity index (χ1) is 12.3. The lowest BCUT2D eigenvalue weighted by molar-refractivity contribution is -0.149. The Morgan fingerprint density at radius 1 is 1.04 bits per heavy atom. The molecule has 0 bridgehead atoms. The summed E-state index contributed by atoms with van der Waals surface area (Å²) in [6.07, 6.45) is 11.6. The van der Waals surface area contributed by atoms with Crippen LogP contribution in [0.2, 0.25) is 0 Å². The highest BCUT2D eigenvalue weighted by atomic mass is 16.5. The number of ketones is 1. The third-order valence-corrected chi connectivity index (χ3v) is 8.88. The predicted octanol–water partition coefficient (Wildman–Crippen LogP) is 5.09. The van der Waals surface area contributed by atoms with E-state index in [-0.39, 0.29) is 28.8 Å².